The molecule has 140 valence electrons. The van der Waals surface area contributed by atoms with Crippen molar-refractivity contribution in [1.82, 2.24) is 8.87 Å². The number of rotatable bonds is 5. The Morgan fingerprint density at radius 3 is 2.65 bits per heavy atom. The fraction of sp³-hybridized carbons (Fsp3) is 0.421. The highest BCUT2D eigenvalue weighted by Crippen LogP contribution is 2.22. The molecule has 1 atom stereocenters. The second kappa shape index (κ2) is 7.25. The summed E-state index contributed by atoms with van der Waals surface area (Å²) in [5.74, 6) is 0.486. The van der Waals surface area contributed by atoms with Crippen LogP contribution >= 0.6 is 0 Å². The molecule has 1 unspecified atom stereocenters. The zero-order valence-electron chi connectivity index (χ0n) is 15.3. The molecule has 2 aromatic rings. The van der Waals surface area contributed by atoms with Gasteiger partial charge in [-0.3, -0.25) is 4.79 Å². The lowest BCUT2D eigenvalue weighted by molar-refractivity contribution is 0.214. The normalized spacial score (nSPS) is 18.2. The van der Waals surface area contributed by atoms with Crippen molar-refractivity contribution in [1.29, 1.82) is 0 Å². The summed E-state index contributed by atoms with van der Waals surface area (Å²) in [5.41, 5.74) is 2.49. The van der Waals surface area contributed by atoms with Gasteiger partial charge in [0, 0.05) is 25.4 Å². The molecule has 0 aliphatic carbocycles. The average molecular weight is 376 g/mol. The van der Waals surface area contributed by atoms with E-state index in [1.54, 1.807) is 17.7 Å². The number of sulfonamides is 1. The molecule has 1 aliphatic rings. The van der Waals surface area contributed by atoms with Gasteiger partial charge in [-0.1, -0.05) is 29.8 Å². The van der Waals surface area contributed by atoms with Crippen molar-refractivity contribution in [3.63, 3.8) is 0 Å². The molecule has 1 aliphatic heterocycles. The van der Waals surface area contributed by atoms with Crippen molar-refractivity contribution in [2.24, 2.45) is 7.05 Å². The van der Waals surface area contributed by atoms with Crippen LogP contribution in [0.15, 0.2) is 41.2 Å². The Hall–Kier alpha value is -2.12. The van der Waals surface area contributed by atoms with Crippen molar-refractivity contribution in [3.05, 3.63) is 63.6 Å². The van der Waals surface area contributed by atoms with Crippen LogP contribution in [0.3, 0.4) is 0 Å². The summed E-state index contributed by atoms with van der Waals surface area (Å²) in [6, 6.07) is 10.8. The number of pyridine rings is 1. The van der Waals surface area contributed by atoms with Gasteiger partial charge in [0.25, 0.3) is 5.56 Å². The van der Waals surface area contributed by atoms with Crippen LogP contribution in [0, 0.1) is 13.8 Å². The van der Waals surface area contributed by atoms with E-state index in [-0.39, 0.29) is 17.4 Å². The number of aryl methyl sites for hydroxylation is 2. The van der Waals surface area contributed by atoms with E-state index in [4.69, 9.17) is 4.74 Å². The highest BCUT2D eigenvalue weighted by Gasteiger charge is 2.32. The minimum Gasteiger partial charge on any atom is -0.489 e. The molecule has 1 fully saturated rings. The molecule has 0 N–H and O–H groups in total. The van der Waals surface area contributed by atoms with Gasteiger partial charge in [0.15, 0.2) is 0 Å². The molecule has 1 aromatic carbocycles. The second-order valence-electron chi connectivity index (χ2n) is 6.86. The van der Waals surface area contributed by atoms with E-state index < -0.39 is 10.0 Å². The van der Waals surface area contributed by atoms with Crippen molar-refractivity contribution in [3.8, 4) is 5.75 Å². The van der Waals surface area contributed by atoms with Gasteiger partial charge in [0.1, 0.15) is 11.9 Å². The summed E-state index contributed by atoms with van der Waals surface area (Å²) >= 11 is 0. The summed E-state index contributed by atoms with van der Waals surface area (Å²) in [4.78, 5) is 11.9. The first-order chi connectivity index (χ1) is 12.2. The van der Waals surface area contributed by atoms with Gasteiger partial charge >= 0.3 is 0 Å². The Balaban J connectivity index is 1.67. The van der Waals surface area contributed by atoms with Gasteiger partial charge in [0.05, 0.1) is 12.3 Å². The zero-order chi connectivity index (χ0) is 18.9. The van der Waals surface area contributed by atoms with E-state index in [1.807, 2.05) is 38.1 Å². The summed E-state index contributed by atoms with van der Waals surface area (Å²) < 4.78 is 34.3. The first kappa shape index (κ1) is 18.7. The van der Waals surface area contributed by atoms with Crippen molar-refractivity contribution in [2.45, 2.75) is 32.1 Å². The Labute approximate surface area is 154 Å². The van der Waals surface area contributed by atoms with Crippen LogP contribution in [0.5, 0.6) is 5.75 Å². The Morgan fingerprint density at radius 2 is 1.96 bits per heavy atom. The summed E-state index contributed by atoms with van der Waals surface area (Å²) in [6.07, 6.45) is 0.371. The van der Waals surface area contributed by atoms with Crippen molar-refractivity contribution >= 4 is 10.0 Å². The minimum absolute atomic E-state index is 0.00755. The predicted octanol–water partition coefficient (Wildman–Crippen LogP) is 1.99. The third-order valence-corrected chi connectivity index (χ3v) is 6.53. The summed E-state index contributed by atoms with van der Waals surface area (Å²) in [5, 5.41) is 0. The SMILES string of the molecule is Cc1cccc(CS(=O)(=O)N2CCC(Oc3cc(C)n(C)c(=O)c3)C2)c1. The molecular weight excluding hydrogens is 352 g/mol. The highest BCUT2D eigenvalue weighted by atomic mass is 32.2. The van der Waals surface area contributed by atoms with E-state index in [1.165, 1.54) is 10.4 Å². The Morgan fingerprint density at radius 1 is 1.19 bits per heavy atom. The van der Waals surface area contributed by atoms with Crippen LogP contribution in [0.4, 0.5) is 0 Å². The lowest BCUT2D eigenvalue weighted by Crippen LogP contribution is -2.32. The molecule has 0 saturated carbocycles. The van der Waals surface area contributed by atoms with E-state index >= 15 is 0 Å². The molecule has 2 heterocycles. The molecule has 6 nitrogen and oxygen atoms in total. The van der Waals surface area contributed by atoms with Crippen LogP contribution < -0.4 is 10.3 Å². The van der Waals surface area contributed by atoms with Crippen LogP contribution in [-0.2, 0) is 22.8 Å². The lowest BCUT2D eigenvalue weighted by atomic mass is 10.2. The van der Waals surface area contributed by atoms with Gasteiger partial charge in [-0.15, -0.1) is 0 Å². The molecule has 26 heavy (non-hydrogen) atoms. The Bertz CT molecular complexity index is 966. The number of benzene rings is 1. The highest BCUT2D eigenvalue weighted by molar-refractivity contribution is 7.88. The van der Waals surface area contributed by atoms with Gasteiger partial charge in [0.2, 0.25) is 10.0 Å². The molecule has 1 saturated heterocycles. The predicted molar refractivity (Wildman–Crippen MR) is 101 cm³/mol. The largest absolute Gasteiger partial charge is 0.489 e. The molecule has 0 radical (unpaired) electrons. The average Bonchev–Trinajstić information content (AvgIpc) is 3.01. The third kappa shape index (κ3) is 4.16. The molecule has 3 rings (SSSR count). The molecule has 1 aromatic heterocycles. The topological polar surface area (TPSA) is 68.6 Å². The van der Waals surface area contributed by atoms with Gasteiger partial charge in [-0.2, -0.15) is 4.31 Å². The summed E-state index contributed by atoms with van der Waals surface area (Å²) in [6.45, 7) is 4.52. The molecule has 7 heteroatoms. The fourth-order valence-electron chi connectivity index (χ4n) is 3.15. The minimum atomic E-state index is -3.39. The second-order valence-corrected chi connectivity index (χ2v) is 8.83. The van der Waals surface area contributed by atoms with Crippen molar-refractivity contribution < 1.29 is 13.2 Å². The maximum absolute atomic E-state index is 12.7. The van der Waals surface area contributed by atoms with E-state index in [9.17, 15) is 13.2 Å². The molecular formula is C19H24N2O4S. The number of aromatic nitrogens is 1. The number of hydrogen-bond donors (Lipinski definition) is 0. The number of nitrogens with zero attached hydrogens (tertiary/aromatic N) is 2. The van der Waals surface area contributed by atoms with Gasteiger partial charge < -0.3 is 9.30 Å². The van der Waals surface area contributed by atoms with E-state index in [2.05, 4.69) is 0 Å². The summed E-state index contributed by atoms with van der Waals surface area (Å²) in [7, 11) is -1.69. The number of hydrogen-bond acceptors (Lipinski definition) is 4. The maximum Gasteiger partial charge on any atom is 0.254 e. The molecule has 0 spiro atoms. The first-order valence-corrected chi connectivity index (χ1v) is 10.2. The van der Waals surface area contributed by atoms with E-state index in [0.29, 0.717) is 25.3 Å². The standard InChI is InChI=1S/C19H24N2O4S/c1-14-5-4-6-16(9-14)13-26(23,24)21-8-7-17(12-21)25-18-10-15(2)20(3)19(22)11-18/h4-6,9-11,17H,7-8,12-13H2,1-3H3. The third-order valence-electron chi connectivity index (χ3n) is 4.71. The van der Waals surface area contributed by atoms with Crippen LogP contribution in [0.2, 0.25) is 0 Å². The monoisotopic (exact) mass is 376 g/mol. The lowest BCUT2D eigenvalue weighted by Gasteiger charge is -2.18. The zero-order valence-corrected chi connectivity index (χ0v) is 16.1. The maximum atomic E-state index is 12.7. The van der Waals surface area contributed by atoms with Crippen molar-refractivity contribution in [2.75, 3.05) is 13.1 Å². The fourth-order valence-corrected chi connectivity index (χ4v) is 4.71. The van der Waals surface area contributed by atoms with E-state index in [0.717, 1.165) is 16.8 Å². The Kier molecular flexibility index (Phi) is 5.20. The van der Waals surface area contributed by atoms with Gasteiger partial charge in [-0.05, 0) is 31.9 Å². The molecule has 0 amide bonds. The van der Waals surface area contributed by atoms with Gasteiger partial charge in [-0.25, -0.2) is 8.42 Å². The number of ether oxygens (including phenoxy) is 1. The molecule has 0 bridgehead atoms. The van der Waals surface area contributed by atoms with Crippen LogP contribution in [0.1, 0.15) is 23.2 Å². The quantitative estimate of drug-likeness (QED) is 0.800. The smallest absolute Gasteiger partial charge is 0.254 e. The van der Waals surface area contributed by atoms with Crippen LogP contribution in [-0.4, -0.2) is 36.5 Å². The first-order valence-electron chi connectivity index (χ1n) is 8.62. The van der Waals surface area contributed by atoms with Crippen LogP contribution in [0.25, 0.3) is 0 Å².